The van der Waals surface area contributed by atoms with Gasteiger partial charge in [-0.05, 0) is 18.1 Å². The molecule has 94 valence electrons. The summed E-state index contributed by atoms with van der Waals surface area (Å²) in [4.78, 5) is 15.1. The van der Waals surface area contributed by atoms with Gasteiger partial charge in [0.2, 0.25) is 11.7 Å². The van der Waals surface area contributed by atoms with Crippen LogP contribution in [0.3, 0.4) is 0 Å². The first-order valence-corrected chi connectivity index (χ1v) is 5.49. The molecule has 0 fully saturated rings. The van der Waals surface area contributed by atoms with Crippen molar-refractivity contribution in [2.24, 2.45) is 0 Å². The molecule has 0 aliphatic heterocycles. The summed E-state index contributed by atoms with van der Waals surface area (Å²) in [5, 5.41) is 9.02. The fourth-order valence-corrected chi connectivity index (χ4v) is 1.63. The fourth-order valence-electron chi connectivity index (χ4n) is 1.63. The summed E-state index contributed by atoms with van der Waals surface area (Å²) in [7, 11) is 0. The summed E-state index contributed by atoms with van der Waals surface area (Å²) >= 11 is 0. The third-order valence-corrected chi connectivity index (χ3v) is 2.50. The maximum Gasteiger partial charge on any atom is 0.373 e. The van der Waals surface area contributed by atoms with Crippen molar-refractivity contribution in [2.75, 3.05) is 0 Å². The number of nitrogens with zero attached hydrogens (tertiary/aromatic N) is 1. The Hall–Kier alpha value is -2.17. The SMILES string of the molecule is CC(C)c1nc(-c2ccccc2F)oc1C(=O)O. The highest BCUT2D eigenvalue weighted by Gasteiger charge is 2.23. The van der Waals surface area contributed by atoms with Crippen molar-refractivity contribution in [3.63, 3.8) is 0 Å². The molecule has 0 spiro atoms. The van der Waals surface area contributed by atoms with Crippen molar-refractivity contribution < 1.29 is 18.7 Å². The average molecular weight is 249 g/mol. The third-order valence-electron chi connectivity index (χ3n) is 2.50. The Morgan fingerprint density at radius 1 is 1.39 bits per heavy atom. The van der Waals surface area contributed by atoms with Crippen LogP contribution in [0.5, 0.6) is 0 Å². The molecule has 0 atom stereocenters. The largest absolute Gasteiger partial charge is 0.475 e. The molecular formula is C13H12FNO3. The number of carboxylic acid groups (broad SMARTS) is 1. The van der Waals surface area contributed by atoms with E-state index < -0.39 is 11.8 Å². The van der Waals surface area contributed by atoms with Gasteiger partial charge in [0, 0.05) is 0 Å². The van der Waals surface area contributed by atoms with Crippen molar-refractivity contribution in [3.8, 4) is 11.5 Å². The number of carboxylic acids is 1. The second kappa shape index (κ2) is 4.60. The van der Waals surface area contributed by atoms with Crippen LogP contribution in [-0.2, 0) is 0 Å². The molecule has 5 heteroatoms. The molecule has 18 heavy (non-hydrogen) atoms. The van der Waals surface area contributed by atoms with Crippen LogP contribution in [0.4, 0.5) is 4.39 Å². The zero-order valence-corrected chi connectivity index (χ0v) is 9.98. The maximum atomic E-state index is 13.6. The Labute approximate surface area is 103 Å². The van der Waals surface area contributed by atoms with E-state index in [4.69, 9.17) is 9.52 Å². The monoisotopic (exact) mass is 249 g/mol. The molecule has 0 aliphatic rings. The number of hydrogen-bond donors (Lipinski definition) is 1. The average Bonchev–Trinajstić information content (AvgIpc) is 2.74. The molecule has 2 rings (SSSR count). The van der Waals surface area contributed by atoms with E-state index in [0.29, 0.717) is 5.69 Å². The topological polar surface area (TPSA) is 63.3 Å². The number of oxazole rings is 1. The van der Waals surface area contributed by atoms with E-state index in [2.05, 4.69) is 4.98 Å². The van der Waals surface area contributed by atoms with E-state index >= 15 is 0 Å². The lowest BCUT2D eigenvalue weighted by atomic mass is 10.1. The lowest BCUT2D eigenvalue weighted by Gasteiger charge is -1.98. The van der Waals surface area contributed by atoms with E-state index in [1.54, 1.807) is 26.0 Å². The Kier molecular flexibility index (Phi) is 3.14. The molecule has 2 aromatic rings. The number of carbonyl (C=O) groups is 1. The summed E-state index contributed by atoms with van der Waals surface area (Å²) in [5.41, 5.74) is 0.479. The van der Waals surface area contributed by atoms with Gasteiger partial charge in [0.15, 0.2) is 0 Å². The Morgan fingerprint density at radius 2 is 2.06 bits per heavy atom. The van der Waals surface area contributed by atoms with Crippen molar-refractivity contribution in [1.82, 2.24) is 4.98 Å². The second-order valence-corrected chi connectivity index (χ2v) is 4.17. The minimum absolute atomic E-state index is 0.00537. The molecule has 0 unspecified atom stereocenters. The van der Waals surface area contributed by atoms with Crippen molar-refractivity contribution in [2.45, 2.75) is 19.8 Å². The van der Waals surface area contributed by atoms with Crippen LogP contribution in [-0.4, -0.2) is 16.1 Å². The highest BCUT2D eigenvalue weighted by Crippen LogP contribution is 2.27. The Morgan fingerprint density at radius 3 is 2.56 bits per heavy atom. The highest BCUT2D eigenvalue weighted by atomic mass is 19.1. The van der Waals surface area contributed by atoms with Gasteiger partial charge in [-0.1, -0.05) is 26.0 Å². The molecule has 0 aliphatic carbocycles. The second-order valence-electron chi connectivity index (χ2n) is 4.17. The number of benzene rings is 1. The molecule has 0 bridgehead atoms. The molecule has 0 saturated heterocycles. The van der Waals surface area contributed by atoms with E-state index in [-0.39, 0.29) is 23.1 Å². The maximum absolute atomic E-state index is 13.6. The normalized spacial score (nSPS) is 10.9. The van der Waals surface area contributed by atoms with Gasteiger partial charge in [0.05, 0.1) is 11.3 Å². The van der Waals surface area contributed by atoms with Gasteiger partial charge in [-0.15, -0.1) is 0 Å². The van der Waals surface area contributed by atoms with Crippen LogP contribution in [0, 0.1) is 5.82 Å². The molecular weight excluding hydrogens is 237 g/mol. The van der Waals surface area contributed by atoms with Crippen LogP contribution in [0.1, 0.15) is 36.0 Å². The van der Waals surface area contributed by atoms with Crippen LogP contribution < -0.4 is 0 Å². The summed E-state index contributed by atoms with van der Waals surface area (Å²) in [6, 6.07) is 5.95. The summed E-state index contributed by atoms with van der Waals surface area (Å²) < 4.78 is 18.7. The Bertz CT molecular complexity index is 590. The van der Waals surface area contributed by atoms with Gasteiger partial charge in [-0.2, -0.15) is 0 Å². The Balaban J connectivity index is 2.57. The lowest BCUT2D eigenvalue weighted by Crippen LogP contribution is -2.01. The molecule has 1 aromatic carbocycles. The minimum atomic E-state index is -1.20. The first kappa shape index (κ1) is 12.3. The molecule has 4 nitrogen and oxygen atoms in total. The van der Waals surface area contributed by atoms with Crippen LogP contribution in [0.25, 0.3) is 11.5 Å². The minimum Gasteiger partial charge on any atom is -0.475 e. The zero-order chi connectivity index (χ0) is 13.3. The number of hydrogen-bond acceptors (Lipinski definition) is 3. The van der Waals surface area contributed by atoms with Gasteiger partial charge >= 0.3 is 5.97 Å². The van der Waals surface area contributed by atoms with Crippen LogP contribution in [0.15, 0.2) is 28.7 Å². The molecule has 1 N–H and O–H groups in total. The first-order chi connectivity index (χ1) is 8.50. The molecule has 1 aromatic heterocycles. The van der Waals surface area contributed by atoms with Gasteiger partial charge in [0.25, 0.3) is 0 Å². The van der Waals surface area contributed by atoms with Gasteiger partial charge in [-0.25, -0.2) is 14.2 Å². The van der Waals surface area contributed by atoms with Crippen molar-refractivity contribution in [1.29, 1.82) is 0 Å². The third kappa shape index (κ3) is 2.11. The molecule has 1 heterocycles. The first-order valence-electron chi connectivity index (χ1n) is 5.49. The van der Waals surface area contributed by atoms with Crippen LogP contribution in [0.2, 0.25) is 0 Å². The highest BCUT2D eigenvalue weighted by molar-refractivity contribution is 5.86. The molecule has 0 radical (unpaired) electrons. The van der Waals surface area contributed by atoms with E-state index in [0.717, 1.165) is 0 Å². The number of halogens is 1. The van der Waals surface area contributed by atoms with Crippen LogP contribution >= 0.6 is 0 Å². The number of aromatic nitrogens is 1. The van der Waals surface area contributed by atoms with Gasteiger partial charge < -0.3 is 9.52 Å². The predicted molar refractivity (Wildman–Crippen MR) is 62.9 cm³/mol. The summed E-state index contributed by atoms with van der Waals surface area (Å²) in [5.74, 6) is -2.04. The quantitative estimate of drug-likeness (QED) is 0.906. The predicted octanol–water partition coefficient (Wildman–Crippen LogP) is 3.30. The molecule has 0 amide bonds. The van der Waals surface area contributed by atoms with E-state index in [9.17, 15) is 9.18 Å². The van der Waals surface area contributed by atoms with E-state index in [1.807, 2.05) is 0 Å². The fraction of sp³-hybridized carbons (Fsp3) is 0.231. The van der Waals surface area contributed by atoms with E-state index in [1.165, 1.54) is 12.1 Å². The van der Waals surface area contributed by atoms with Crippen molar-refractivity contribution >= 4 is 5.97 Å². The number of aromatic carboxylic acids is 1. The van der Waals surface area contributed by atoms with Gasteiger partial charge in [-0.3, -0.25) is 0 Å². The smallest absolute Gasteiger partial charge is 0.373 e. The summed E-state index contributed by atoms with van der Waals surface area (Å²) in [6.07, 6.45) is 0. The van der Waals surface area contributed by atoms with Gasteiger partial charge in [0.1, 0.15) is 5.82 Å². The summed E-state index contributed by atoms with van der Waals surface area (Å²) in [6.45, 7) is 3.60. The number of rotatable bonds is 3. The standard InChI is InChI=1S/C13H12FNO3/c1-7(2)10-11(13(16)17)18-12(15-10)8-5-3-4-6-9(8)14/h3-7H,1-2H3,(H,16,17). The zero-order valence-electron chi connectivity index (χ0n) is 9.98. The lowest BCUT2D eigenvalue weighted by molar-refractivity contribution is 0.0661. The molecule has 0 saturated carbocycles. The van der Waals surface area contributed by atoms with Crippen molar-refractivity contribution in [3.05, 3.63) is 41.5 Å².